The highest BCUT2D eigenvalue weighted by atomic mass is 32.2. The smallest absolute Gasteiger partial charge is 0.240 e. The number of nitrogens with two attached hydrogens (primary N) is 1. The lowest BCUT2D eigenvalue weighted by atomic mass is 10.0. The fourth-order valence-corrected chi connectivity index (χ4v) is 3.20. The lowest BCUT2D eigenvalue weighted by molar-refractivity contribution is 0.398. The molecule has 0 amide bonds. The van der Waals surface area contributed by atoms with Crippen molar-refractivity contribution in [2.45, 2.75) is 4.90 Å². The second-order valence-electron chi connectivity index (χ2n) is 5.48. The maximum atomic E-state index is 11.8. The second-order valence-corrected chi connectivity index (χ2v) is 7.36. The number of methoxy groups -OCH3 is 1. The van der Waals surface area contributed by atoms with Crippen LogP contribution in [0.1, 0.15) is 0 Å². The van der Waals surface area contributed by atoms with Gasteiger partial charge in [-0.25, -0.2) is 23.1 Å². The van der Waals surface area contributed by atoms with Crippen molar-refractivity contribution in [2.24, 2.45) is 0 Å². The minimum Gasteiger partial charge on any atom is -0.481 e. The van der Waals surface area contributed by atoms with Gasteiger partial charge in [0.05, 0.1) is 12.0 Å². The summed E-state index contributed by atoms with van der Waals surface area (Å²) in [5.74, 6) is 0.896. The standard InChI is InChI=1S/C18H18N4O3S/c1-20-26(23,24)15-6-3-12(4-7-15)14-9-16(18(19)22-11-14)13-5-8-17(25-2)21-10-13/h3-11,20H,1-2H3,(H2,19,22). The predicted molar refractivity (Wildman–Crippen MR) is 100 cm³/mol. The molecule has 0 unspecified atom stereocenters. The third-order valence-electron chi connectivity index (χ3n) is 3.94. The van der Waals surface area contributed by atoms with Crippen molar-refractivity contribution in [3.8, 4) is 28.1 Å². The molecule has 0 bridgehead atoms. The topological polar surface area (TPSA) is 107 Å². The summed E-state index contributed by atoms with van der Waals surface area (Å²) in [7, 11) is -0.538. The number of anilines is 1. The van der Waals surface area contributed by atoms with E-state index in [1.165, 1.54) is 7.05 Å². The normalized spacial score (nSPS) is 11.3. The van der Waals surface area contributed by atoms with E-state index in [2.05, 4.69) is 14.7 Å². The zero-order chi connectivity index (χ0) is 18.7. The molecule has 2 aromatic heterocycles. The van der Waals surface area contributed by atoms with Crippen molar-refractivity contribution < 1.29 is 13.2 Å². The Labute approximate surface area is 151 Å². The molecule has 1 aromatic carbocycles. The van der Waals surface area contributed by atoms with Crippen molar-refractivity contribution in [3.05, 3.63) is 54.9 Å². The Morgan fingerprint density at radius 2 is 1.62 bits per heavy atom. The first-order valence-corrected chi connectivity index (χ1v) is 9.23. The van der Waals surface area contributed by atoms with Gasteiger partial charge in [-0.3, -0.25) is 0 Å². The number of ether oxygens (including phenoxy) is 1. The van der Waals surface area contributed by atoms with Crippen LogP contribution in [0.15, 0.2) is 59.8 Å². The minimum absolute atomic E-state index is 0.201. The number of sulfonamides is 1. The van der Waals surface area contributed by atoms with E-state index in [4.69, 9.17) is 10.5 Å². The Morgan fingerprint density at radius 1 is 0.962 bits per heavy atom. The molecule has 0 fully saturated rings. The van der Waals surface area contributed by atoms with Gasteiger partial charge in [0.25, 0.3) is 0 Å². The first-order valence-electron chi connectivity index (χ1n) is 7.74. The summed E-state index contributed by atoms with van der Waals surface area (Å²) >= 11 is 0. The number of nitrogens with zero attached hydrogens (tertiary/aromatic N) is 2. The fourth-order valence-electron chi connectivity index (χ4n) is 2.47. The molecule has 0 atom stereocenters. The van der Waals surface area contributed by atoms with Crippen molar-refractivity contribution in [1.82, 2.24) is 14.7 Å². The summed E-state index contributed by atoms with van der Waals surface area (Å²) in [6.45, 7) is 0. The molecule has 0 saturated carbocycles. The predicted octanol–water partition coefficient (Wildman–Crippen LogP) is 2.31. The summed E-state index contributed by atoms with van der Waals surface area (Å²) < 4.78 is 31.0. The molecular weight excluding hydrogens is 352 g/mol. The largest absolute Gasteiger partial charge is 0.481 e. The number of nitrogens with one attached hydrogen (secondary N) is 1. The summed E-state index contributed by atoms with van der Waals surface area (Å²) in [5.41, 5.74) is 9.21. The SMILES string of the molecule is CNS(=O)(=O)c1ccc(-c2cnc(N)c(-c3ccc(OC)nc3)c2)cc1. The van der Waals surface area contributed by atoms with Crippen LogP contribution >= 0.6 is 0 Å². The van der Waals surface area contributed by atoms with Crippen LogP contribution in [0.5, 0.6) is 5.88 Å². The highest BCUT2D eigenvalue weighted by molar-refractivity contribution is 7.89. The molecule has 0 saturated heterocycles. The second kappa shape index (κ2) is 7.11. The summed E-state index contributed by atoms with van der Waals surface area (Å²) in [4.78, 5) is 8.64. The number of pyridine rings is 2. The van der Waals surface area contributed by atoms with Crippen LogP contribution in [0.3, 0.4) is 0 Å². The molecule has 0 spiro atoms. The van der Waals surface area contributed by atoms with Crippen molar-refractivity contribution >= 4 is 15.8 Å². The van der Waals surface area contributed by atoms with Crippen molar-refractivity contribution in [3.63, 3.8) is 0 Å². The lowest BCUT2D eigenvalue weighted by Gasteiger charge is -2.09. The maximum absolute atomic E-state index is 11.8. The van der Waals surface area contributed by atoms with Crippen LogP contribution in [-0.2, 0) is 10.0 Å². The average molecular weight is 370 g/mol. The van der Waals surface area contributed by atoms with Gasteiger partial charge in [0.15, 0.2) is 0 Å². The van der Waals surface area contributed by atoms with Crippen LogP contribution in [0, 0.1) is 0 Å². The first-order chi connectivity index (χ1) is 12.4. The van der Waals surface area contributed by atoms with Gasteiger partial charge >= 0.3 is 0 Å². The molecule has 0 radical (unpaired) electrons. The molecule has 3 aromatic rings. The number of aromatic nitrogens is 2. The van der Waals surface area contributed by atoms with Crippen LogP contribution < -0.4 is 15.2 Å². The monoisotopic (exact) mass is 370 g/mol. The van der Waals surface area contributed by atoms with Crippen LogP contribution in [-0.4, -0.2) is 32.5 Å². The Morgan fingerprint density at radius 3 is 2.19 bits per heavy atom. The Balaban J connectivity index is 1.99. The molecule has 3 rings (SSSR count). The summed E-state index contributed by atoms with van der Waals surface area (Å²) in [6, 6.07) is 12.1. The van der Waals surface area contributed by atoms with Crippen LogP contribution in [0.4, 0.5) is 5.82 Å². The van der Waals surface area contributed by atoms with E-state index in [0.29, 0.717) is 11.7 Å². The Bertz CT molecular complexity index is 1020. The van der Waals surface area contributed by atoms with E-state index in [-0.39, 0.29) is 4.90 Å². The average Bonchev–Trinajstić information content (AvgIpc) is 2.68. The Hall–Kier alpha value is -2.97. The zero-order valence-electron chi connectivity index (χ0n) is 14.3. The molecule has 26 heavy (non-hydrogen) atoms. The van der Waals surface area contributed by atoms with Gasteiger partial charge in [-0.1, -0.05) is 12.1 Å². The molecule has 3 N–H and O–H groups in total. The van der Waals surface area contributed by atoms with Gasteiger partial charge in [0.1, 0.15) is 5.82 Å². The molecule has 134 valence electrons. The summed E-state index contributed by atoms with van der Waals surface area (Å²) in [6.07, 6.45) is 3.32. The fraction of sp³-hybridized carbons (Fsp3) is 0.111. The van der Waals surface area contributed by atoms with E-state index in [9.17, 15) is 8.42 Å². The molecule has 8 heteroatoms. The van der Waals surface area contributed by atoms with E-state index in [1.807, 2.05) is 12.1 Å². The maximum Gasteiger partial charge on any atom is 0.240 e. The lowest BCUT2D eigenvalue weighted by Crippen LogP contribution is -2.18. The van der Waals surface area contributed by atoms with Gasteiger partial charge in [-0.05, 0) is 36.9 Å². The van der Waals surface area contributed by atoms with Gasteiger partial charge in [-0.2, -0.15) is 0 Å². The van der Waals surface area contributed by atoms with Gasteiger partial charge in [-0.15, -0.1) is 0 Å². The molecule has 7 nitrogen and oxygen atoms in total. The van der Waals surface area contributed by atoms with Crippen molar-refractivity contribution in [1.29, 1.82) is 0 Å². The van der Waals surface area contributed by atoms with E-state index < -0.39 is 10.0 Å². The van der Waals surface area contributed by atoms with E-state index >= 15 is 0 Å². The first kappa shape index (κ1) is 17.8. The van der Waals surface area contributed by atoms with Gasteiger partial charge < -0.3 is 10.5 Å². The summed E-state index contributed by atoms with van der Waals surface area (Å²) in [5, 5.41) is 0. The number of hydrogen-bond acceptors (Lipinski definition) is 6. The molecule has 0 aliphatic carbocycles. The highest BCUT2D eigenvalue weighted by Gasteiger charge is 2.12. The molecule has 2 heterocycles. The quantitative estimate of drug-likeness (QED) is 0.714. The molecule has 0 aliphatic rings. The molecule has 0 aliphatic heterocycles. The minimum atomic E-state index is -3.47. The number of hydrogen-bond donors (Lipinski definition) is 2. The number of benzene rings is 1. The third kappa shape index (κ3) is 3.51. The Kier molecular flexibility index (Phi) is 4.88. The highest BCUT2D eigenvalue weighted by Crippen LogP contribution is 2.30. The van der Waals surface area contributed by atoms with Crippen molar-refractivity contribution in [2.75, 3.05) is 19.9 Å². The van der Waals surface area contributed by atoms with Crippen LogP contribution in [0.2, 0.25) is 0 Å². The number of rotatable bonds is 5. The van der Waals surface area contributed by atoms with Gasteiger partial charge in [0.2, 0.25) is 15.9 Å². The zero-order valence-corrected chi connectivity index (χ0v) is 15.1. The van der Waals surface area contributed by atoms with E-state index in [1.54, 1.807) is 49.8 Å². The number of nitrogen functional groups attached to an aromatic ring is 1. The third-order valence-corrected chi connectivity index (χ3v) is 5.37. The van der Waals surface area contributed by atoms with Gasteiger partial charge in [0, 0.05) is 35.2 Å². The van der Waals surface area contributed by atoms with Crippen LogP contribution in [0.25, 0.3) is 22.3 Å². The van der Waals surface area contributed by atoms with E-state index in [0.717, 1.165) is 22.3 Å². The molecular formula is C18H18N4O3S.